The van der Waals surface area contributed by atoms with Crippen molar-refractivity contribution in [1.29, 1.82) is 0 Å². The molecule has 0 saturated heterocycles. The minimum Gasteiger partial charge on any atom is -0.481 e. The molecule has 14 heavy (non-hydrogen) atoms. The Morgan fingerprint density at radius 1 is 1.36 bits per heavy atom. The highest BCUT2D eigenvalue weighted by Crippen LogP contribution is 1.84. The summed E-state index contributed by atoms with van der Waals surface area (Å²) in [6.45, 7) is 4.66. The highest BCUT2D eigenvalue weighted by molar-refractivity contribution is 5.81. The summed E-state index contributed by atoms with van der Waals surface area (Å²) in [6.07, 6.45) is 0.930. The Hall–Kier alpha value is -1.10. The lowest BCUT2D eigenvalue weighted by molar-refractivity contribution is -0.137. The molecule has 0 fully saturated rings. The number of hydrogen-bond acceptors (Lipinski definition) is 3. The molecule has 0 aromatic carbocycles. The summed E-state index contributed by atoms with van der Waals surface area (Å²) in [5.41, 5.74) is 0. The van der Waals surface area contributed by atoms with Crippen LogP contribution in [0, 0.1) is 0 Å². The Morgan fingerprint density at radius 2 is 2.00 bits per heavy atom. The number of carboxylic acid groups (broad SMARTS) is 1. The molecule has 3 N–H and O–H groups in total. The van der Waals surface area contributed by atoms with Gasteiger partial charge >= 0.3 is 5.97 Å². The van der Waals surface area contributed by atoms with Gasteiger partial charge in [-0.1, -0.05) is 6.92 Å². The van der Waals surface area contributed by atoms with Gasteiger partial charge in [0, 0.05) is 13.1 Å². The van der Waals surface area contributed by atoms with Gasteiger partial charge in [0.2, 0.25) is 5.91 Å². The van der Waals surface area contributed by atoms with Gasteiger partial charge in [-0.25, -0.2) is 0 Å². The molecule has 0 aromatic rings. The van der Waals surface area contributed by atoms with E-state index in [-0.39, 0.29) is 18.4 Å². The first-order valence-corrected chi connectivity index (χ1v) is 4.80. The van der Waals surface area contributed by atoms with Crippen LogP contribution in [0.15, 0.2) is 0 Å². The first-order valence-electron chi connectivity index (χ1n) is 4.80. The molecule has 0 aliphatic rings. The minimum atomic E-state index is -0.862. The lowest BCUT2D eigenvalue weighted by Gasteiger charge is -2.12. The summed E-state index contributed by atoms with van der Waals surface area (Å²) >= 11 is 0. The van der Waals surface area contributed by atoms with Crippen molar-refractivity contribution in [1.82, 2.24) is 10.6 Å². The van der Waals surface area contributed by atoms with Crippen molar-refractivity contribution in [2.24, 2.45) is 0 Å². The molecule has 5 heteroatoms. The third kappa shape index (κ3) is 6.42. The molecule has 0 saturated carbocycles. The van der Waals surface area contributed by atoms with E-state index in [1.54, 1.807) is 6.92 Å². The molecule has 0 aliphatic carbocycles. The van der Waals surface area contributed by atoms with Gasteiger partial charge in [-0.2, -0.15) is 0 Å². The number of carbonyl (C=O) groups excluding carboxylic acids is 1. The number of rotatable bonds is 7. The Kier molecular flexibility index (Phi) is 6.74. The molecule has 0 aliphatic heterocycles. The fourth-order valence-corrected chi connectivity index (χ4v) is 0.890. The van der Waals surface area contributed by atoms with Gasteiger partial charge in [-0.05, 0) is 13.3 Å². The van der Waals surface area contributed by atoms with E-state index >= 15 is 0 Å². The van der Waals surface area contributed by atoms with Crippen molar-refractivity contribution in [3.05, 3.63) is 0 Å². The fourth-order valence-electron chi connectivity index (χ4n) is 0.890. The molecule has 1 unspecified atom stereocenters. The zero-order valence-corrected chi connectivity index (χ0v) is 8.67. The molecule has 0 heterocycles. The first kappa shape index (κ1) is 12.9. The third-order valence-electron chi connectivity index (χ3n) is 1.73. The summed E-state index contributed by atoms with van der Waals surface area (Å²) in [4.78, 5) is 21.4. The van der Waals surface area contributed by atoms with Crippen LogP contribution in [0.4, 0.5) is 0 Å². The molecule has 82 valence electrons. The molecule has 0 aromatic heterocycles. The van der Waals surface area contributed by atoms with Crippen molar-refractivity contribution in [3.8, 4) is 0 Å². The topological polar surface area (TPSA) is 78.4 Å². The standard InChI is InChI=1S/C9H18N2O3/c1-3-5-11-9(14)7(2)10-6-4-8(12)13/h7,10H,3-6H2,1-2H3,(H,11,14)(H,12,13). The molecule has 1 amide bonds. The van der Waals surface area contributed by atoms with Crippen molar-refractivity contribution in [2.75, 3.05) is 13.1 Å². The van der Waals surface area contributed by atoms with E-state index in [9.17, 15) is 9.59 Å². The van der Waals surface area contributed by atoms with Crippen molar-refractivity contribution in [3.63, 3.8) is 0 Å². The van der Waals surface area contributed by atoms with Gasteiger partial charge in [0.25, 0.3) is 0 Å². The monoisotopic (exact) mass is 202 g/mol. The number of nitrogens with one attached hydrogen (secondary N) is 2. The second-order valence-corrected chi connectivity index (χ2v) is 3.11. The van der Waals surface area contributed by atoms with E-state index < -0.39 is 5.97 Å². The summed E-state index contributed by atoms with van der Waals surface area (Å²) in [7, 11) is 0. The van der Waals surface area contributed by atoms with E-state index in [0.29, 0.717) is 13.1 Å². The average Bonchev–Trinajstić information content (AvgIpc) is 2.13. The summed E-state index contributed by atoms with van der Waals surface area (Å²) in [5, 5.41) is 13.9. The van der Waals surface area contributed by atoms with Crippen LogP contribution in [0.3, 0.4) is 0 Å². The number of amides is 1. The Labute approximate surface area is 83.9 Å². The number of carbonyl (C=O) groups is 2. The van der Waals surface area contributed by atoms with Crippen LogP contribution in [0.5, 0.6) is 0 Å². The van der Waals surface area contributed by atoms with E-state index in [2.05, 4.69) is 10.6 Å². The Balaban J connectivity index is 3.56. The summed E-state index contributed by atoms with van der Waals surface area (Å²) in [6, 6.07) is -0.333. The lowest BCUT2D eigenvalue weighted by Crippen LogP contribution is -2.43. The van der Waals surface area contributed by atoms with Gasteiger partial charge in [0.1, 0.15) is 0 Å². The number of aliphatic carboxylic acids is 1. The van der Waals surface area contributed by atoms with Crippen molar-refractivity contribution in [2.45, 2.75) is 32.7 Å². The van der Waals surface area contributed by atoms with Crippen LogP contribution in [-0.2, 0) is 9.59 Å². The van der Waals surface area contributed by atoms with Gasteiger partial charge in [-0.15, -0.1) is 0 Å². The average molecular weight is 202 g/mol. The zero-order chi connectivity index (χ0) is 11.0. The quantitative estimate of drug-likeness (QED) is 0.541. The molecule has 0 rings (SSSR count). The zero-order valence-electron chi connectivity index (χ0n) is 8.67. The SMILES string of the molecule is CCCNC(=O)C(C)NCCC(=O)O. The number of carboxylic acids is 1. The largest absolute Gasteiger partial charge is 0.481 e. The summed E-state index contributed by atoms with van der Waals surface area (Å²) < 4.78 is 0. The fraction of sp³-hybridized carbons (Fsp3) is 0.778. The summed E-state index contributed by atoms with van der Waals surface area (Å²) in [5.74, 6) is -0.948. The van der Waals surface area contributed by atoms with Gasteiger partial charge in [0.15, 0.2) is 0 Å². The first-order chi connectivity index (χ1) is 6.57. The Bertz CT molecular complexity index is 194. The van der Waals surface area contributed by atoms with Crippen LogP contribution in [0.2, 0.25) is 0 Å². The van der Waals surface area contributed by atoms with Gasteiger partial charge < -0.3 is 15.7 Å². The molecule has 1 atom stereocenters. The van der Waals surface area contributed by atoms with E-state index in [1.165, 1.54) is 0 Å². The lowest BCUT2D eigenvalue weighted by atomic mass is 10.3. The van der Waals surface area contributed by atoms with E-state index in [1.807, 2.05) is 6.92 Å². The predicted molar refractivity (Wildman–Crippen MR) is 53.0 cm³/mol. The second kappa shape index (κ2) is 7.32. The molecular weight excluding hydrogens is 184 g/mol. The second-order valence-electron chi connectivity index (χ2n) is 3.11. The van der Waals surface area contributed by atoms with Crippen LogP contribution in [-0.4, -0.2) is 36.1 Å². The minimum absolute atomic E-state index is 0.0331. The van der Waals surface area contributed by atoms with Crippen molar-refractivity contribution < 1.29 is 14.7 Å². The maximum Gasteiger partial charge on any atom is 0.304 e. The Morgan fingerprint density at radius 3 is 2.50 bits per heavy atom. The predicted octanol–water partition coefficient (Wildman–Crippen LogP) is -0.0346. The van der Waals surface area contributed by atoms with Crippen LogP contribution in [0.25, 0.3) is 0 Å². The van der Waals surface area contributed by atoms with Crippen molar-refractivity contribution >= 4 is 11.9 Å². The highest BCUT2D eigenvalue weighted by Gasteiger charge is 2.10. The molecule has 5 nitrogen and oxygen atoms in total. The maximum atomic E-state index is 11.3. The molecule has 0 spiro atoms. The van der Waals surface area contributed by atoms with Gasteiger partial charge in [0.05, 0.1) is 12.5 Å². The number of hydrogen-bond donors (Lipinski definition) is 3. The maximum absolute atomic E-state index is 11.3. The van der Waals surface area contributed by atoms with E-state index in [4.69, 9.17) is 5.11 Å². The van der Waals surface area contributed by atoms with Crippen LogP contribution < -0.4 is 10.6 Å². The normalized spacial score (nSPS) is 12.1. The van der Waals surface area contributed by atoms with E-state index in [0.717, 1.165) is 6.42 Å². The smallest absolute Gasteiger partial charge is 0.304 e. The molecule has 0 radical (unpaired) electrons. The van der Waals surface area contributed by atoms with Crippen LogP contribution >= 0.6 is 0 Å². The highest BCUT2D eigenvalue weighted by atomic mass is 16.4. The molecular formula is C9H18N2O3. The third-order valence-corrected chi connectivity index (χ3v) is 1.73. The van der Waals surface area contributed by atoms with Crippen LogP contribution in [0.1, 0.15) is 26.7 Å². The van der Waals surface area contributed by atoms with Gasteiger partial charge in [-0.3, -0.25) is 9.59 Å². The molecule has 0 bridgehead atoms.